The Morgan fingerprint density at radius 2 is 2.12 bits per heavy atom. The second-order valence-electron chi connectivity index (χ2n) is 5.67. The summed E-state index contributed by atoms with van der Waals surface area (Å²) in [6.45, 7) is -0.0803. The molecule has 3 rings (SSSR count). The minimum atomic E-state index is -0.621. The van der Waals surface area contributed by atoms with Crippen LogP contribution in [0, 0.1) is 10.1 Å². The average Bonchev–Trinajstić information content (AvgIpc) is 3.39. The van der Waals surface area contributed by atoms with Gasteiger partial charge in [-0.05, 0) is 18.9 Å². The van der Waals surface area contributed by atoms with Gasteiger partial charge in [-0.15, -0.1) is 0 Å². The molecule has 1 saturated carbocycles. The molecule has 1 heterocycles. The third-order valence-electron chi connectivity index (χ3n) is 3.74. The number of non-ortho nitro benzene ring substituents is 1. The van der Waals surface area contributed by atoms with Gasteiger partial charge in [0.25, 0.3) is 11.2 Å². The van der Waals surface area contributed by atoms with Crippen LogP contribution in [0.4, 0.5) is 16.2 Å². The quantitative estimate of drug-likeness (QED) is 0.550. The lowest BCUT2D eigenvalue weighted by molar-refractivity contribution is -0.384. The Bertz CT molecular complexity index is 944. The van der Waals surface area contributed by atoms with Crippen LogP contribution in [0.2, 0.25) is 0 Å². The van der Waals surface area contributed by atoms with Crippen LogP contribution in [0.1, 0.15) is 24.4 Å². The summed E-state index contributed by atoms with van der Waals surface area (Å²) >= 11 is 0. The van der Waals surface area contributed by atoms with Crippen molar-refractivity contribution < 1.29 is 9.72 Å². The van der Waals surface area contributed by atoms with E-state index in [1.807, 2.05) is 0 Å². The van der Waals surface area contributed by atoms with Gasteiger partial charge in [0.05, 0.1) is 17.0 Å². The molecule has 0 aliphatic heterocycles. The highest BCUT2D eigenvalue weighted by molar-refractivity contribution is 5.89. The van der Waals surface area contributed by atoms with Gasteiger partial charge in [0.15, 0.2) is 0 Å². The topological polar surface area (TPSA) is 139 Å². The average molecular weight is 345 g/mol. The van der Waals surface area contributed by atoms with Crippen LogP contribution in [-0.2, 0) is 6.54 Å². The molecule has 25 heavy (non-hydrogen) atoms. The Hall–Kier alpha value is -3.43. The van der Waals surface area contributed by atoms with Crippen LogP contribution in [0.3, 0.4) is 0 Å². The normalized spacial score (nSPS) is 13.3. The standard InChI is InChI=1S/C15H15N5O5/c21-13-9(8-19(11-4-5-11)15(23)18-13)7-16-14(22)17-10-2-1-3-12(6-10)20(24)25/h1-3,6,8,11H,4-5,7H2,(H2,16,17,22)(H,18,21,23). The van der Waals surface area contributed by atoms with E-state index >= 15 is 0 Å². The monoisotopic (exact) mass is 345 g/mol. The van der Waals surface area contributed by atoms with E-state index in [4.69, 9.17) is 0 Å². The molecule has 1 aromatic carbocycles. The number of amides is 2. The Labute approximate surface area is 140 Å². The van der Waals surface area contributed by atoms with Gasteiger partial charge in [-0.1, -0.05) is 6.07 Å². The van der Waals surface area contributed by atoms with E-state index in [0.29, 0.717) is 0 Å². The summed E-state index contributed by atoms with van der Waals surface area (Å²) in [6, 6.07) is 4.96. The number of urea groups is 1. The van der Waals surface area contributed by atoms with Crippen LogP contribution in [0.5, 0.6) is 0 Å². The first kappa shape index (κ1) is 16.4. The molecule has 2 aromatic rings. The Balaban J connectivity index is 1.65. The van der Waals surface area contributed by atoms with Crippen LogP contribution >= 0.6 is 0 Å². The van der Waals surface area contributed by atoms with E-state index in [2.05, 4.69) is 15.6 Å². The maximum Gasteiger partial charge on any atom is 0.328 e. The first-order valence-electron chi connectivity index (χ1n) is 7.57. The Morgan fingerprint density at radius 3 is 2.80 bits per heavy atom. The third-order valence-corrected chi connectivity index (χ3v) is 3.74. The van der Waals surface area contributed by atoms with E-state index < -0.39 is 22.2 Å². The number of nitrogens with zero attached hydrogens (tertiary/aromatic N) is 2. The first-order chi connectivity index (χ1) is 11.9. The molecule has 0 radical (unpaired) electrons. The largest absolute Gasteiger partial charge is 0.334 e. The van der Waals surface area contributed by atoms with Crippen LogP contribution < -0.4 is 21.9 Å². The summed E-state index contributed by atoms with van der Waals surface area (Å²) < 4.78 is 1.46. The van der Waals surface area contributed by atoms with Gasteiger partial charge < -0.3 is 10.6 Å². The maximum absolute atomic E-state index is 11.9. The lowest BCUT2D eigenvalue weighted by Crippen LogP contribution is -2.35. The number of hydrogen-bond acceptors (Lipinski definition) is 5. The van der Waals surface area contributed by atoms with Crippen molar-refractivity contribution in [2.75, 3.05) is 5.32 Å². The number of nitro groups is 1. The SMILES string of the molecule is O=C(NCc1cn(C2CC2)c(=O)[nH]c1=O)Nc1cccc([N+](=O)[O-])c1. The zero-order valence-corrected chi connectivity index (χ0v) is 13.0. The number of carbonyl (C=O) groups excluding carboxylic acids is 1. The molecule has 0 atom stereocenters. The highest BCUT2D eigenvalue weighted by Crippen LogP contribution is 2.32. The van der Waals surface area contributed by atoms with E-state index in [9.17, 15) is 24.5 Å². The zero-order chi connectivity index (χ0) is 18.0. The predicted molar refractivity (Wildman–Crippen MR) is 88.5 cm³/mol. The molecular formula is C15H15N5O5. The summed E-state index contributed by atoms with van der Waals surface area (Å²) in [7, 11) is 0. The Morgan fingerprint density at radius 1 is 1.36 bits per heavy atom. The lowest BCUT2D eigenvalue weighted by atomic mass is 10.3. The van der Waals surface area contributed by atoms with Gasteiger partial charge in [0, 0.05) is 30.1 Å². The molecule has 0 spiro atoms. The van der Waals surface area contributed by atoms with Gasteiger partial charge in [-0.25, -0.2) is 9.59 Å². The first-order valence-corrected chi connectivity index (χ1v) is 7.57. The number of aromatic nitrogens is 2. The lowest BCUT2D eigenvalue weighted by Gasteiger charge is -2.09. The summed E-state index contributed by atoms with van der Waals surface area (Å²) in [5, 5.41) is 15.7. The van der Waals surface area contributed by atoms with Gasteiger partial charge in [-0.3, -0.25) is 24.5 Å². The van der Waals surface area contributed by atoms with E-state index in [1.54, 1.807) is 0 Å². The Kier molecular flexibility index (Phi) is 4.33. The van der Waals surface area contributed by atoms with E-state index in [1.165, 1.54) is 35.0 Å². The summed E-state index contributed by atoms with van der Waals surface area (Å²) in [5.41, 5.74) is -0.662. The number of hydrogen-bond donors (Lipinski definition) is 3. The highest BCUT2D eigenvalue weighted by Gasteiger charge is 2.25. The molecule has 1 aliphatic carbocycles. The fraction of sp³-hybridized carbons (Fsp3) is 0.267. The van der Waals surface area contributed by atoms with E-state index in [-0.39, 0.29) is 29.5 Å². The van der Waals surface area contributed by atoms with Gasteiger partial charge in [0.1, 0.15) is 0 Å². The second-order valence-corrected chi connectivity index (χ2v) is 5.67. The number of H-pyrrole nitrogens is 1. The number of nitrogens with one attached hydrogen (secondary N) is 3. The molecule has 0 unspecified atom stereocenters. The molecule has 130 valence electrons. The van der Waals surface area contributed by atoms with Crippen molar-refractivity contribution in [1.82, 2.24) is 14.9 Å². The molecule has 3 N–H and O–H groups in total. The number of aromatic amines is 1. The highest BCUT2D eigenvalue weighted by atomic mass is 16.6. The van der Waals surface area contributed by atoms with E-state index in [0.717, 1.165) is 12.8 Å². The summed E-state index contributed by atoms with van der Waals surface area (Å²) in [6.07, 6.45) is 3.21. The summed E-state index contributed by atoms with van der Waals surface area (Å²) in [4.78, 5) is 47.8. The van der Waals surface area contributed by atoms with Crippen molar-refractivity contribution in [3.63, 3.8) is 0 Å². The molecule has 10 heteroatoms. The molecule has 1 fully saturated rings. The van der Waals surface area contributed by atoms with Crippen molar-refractivity contribution in [2.24, 2.45) is 0 Å². The number of rotatable bonds is 5. The van der Waals surface area contributed by atoms with Gasteiger partial charge in [-0.2, -0.15) is 0 Å². The number of benzene rings is 1. The molecule has 2 amide bonds. The predicted octanol–water partition coefficient (Wildman–Crippen LogP) is 1.10. The van der Waals surface area contributed by atoms with Crippen molar-refractivity contribution in [3.05, 3.63) is 67.0 Å². The van der Waals surface area contributed by atoms with Gasteiger partial charge in [0.2, 0.25) is 0 Å². The molecule has 1 aliphatic rings. The van der Waals surface area contributed by atoms with Crippen molar-refractivity contribution in [1.29, 1.82) is 0 Å². The minimum absolute atomic E-state index is 0.0803. The fourth-order valence-corrected chi connectivity index (χ4v) is 2.32. The number of anilines is 1. The van der Waals surface area contributed by atoms with Crippen LogP contribution in [0.25, 0.3) is 0 Å². The fourth-order valence-electron chi connectivity index (χ4n) is 2.32. The zero-order valence-electron chi connectivity index (χ0n) is 13.0. The maximum atomic E-state index is 11.9. The summed E-state index contributed by atoms with van der Waals surface area (Å²) in [5.74, 6) is 0. The van der Waals surface area contributed by atoms with Crippen molar-refractivity contribution in [2.45, 2.75) is 25.4 Å². The minimum Gasteiger partial charge on any atom is -0.334 e. The second kappa shape index (κ2) is 6.59. The molecule has 10 nitrogen and oxygen atoms in total. The smallest absolute Gasteiger partial charge is 0.328 e. The number of nitro benzene ring substituents is 1. The van der Waals surface area contributed by atoms with Crippen molar-refractivity contribution in [3.8, 4) is 0 Å². The molecular weight excluding hydrogens is 330 g/mol. The van der Waals surface area contributed by atoms with Crippen molar-refractivity contribution >= 4 is 17.4 Å². The number of carbonyl (C=O) groups is 1. The van der Waals surface area contributed by atoms with Crippen LogP contribution in [0.15, 0.2) is 40.1 Å². The van der Waals surface area contributed by atoms with Crippen LogP contribution in [-0.4, -0.2) is 20.5 Å². The third kappa shape index (κ3) is 3.91. The molecule has 0 saturated heterocycles. The molecule has 0 bridgehead atoms. The molecule has 1 aromatic heterocycles. The van der Waals surface area contributed by atoms with Gasteiger partial charge >= 0.3 is 11.7 Å².